The molecule has 1 atom stereocenters. The highest BCUT2D eigenvalue weighted by Gasteiger charge is 2.32. The van der Waals surface area contributed by atoms with Crippen LogP contribution < -0.4 is 10.6 Å². The first kappa shape index (κ1) is 27.3. The Labute approximate surface area is 231 Å². The zero-order chi connectivity index (χ0) is 26.6. The Balaban J connectivity index is 1.33. The molecule has 1 aliphatic rings. The SMILES string of the molecule is CC(C)(C)C1CCc2c(sc(NC(=O)CSc3cccc(NC(=O)Cc4ccc(Cl)cc4)c3)c2C#N)C1. The summed E-state index contributed by atoms with van der Waals surface area (Å²) in [5.74, 6) is 0.509. The lowest BCUT2D eigenvalue weighted by Crippen LogP contribution is -2.26. The second kappa shape index (κ2) is 11.7. The van der Waals surface area contributed by atoms with Crippen molar-refractivity contribution in [3.63, 3.8) is 0 Å². The fourth-order valence-electron chi connectivity index (χ4n) is 4.50. The van der Waals surface area contributed by atoms with Crippen LogP contribution in [0.15, 0.2) is 53.4 Å². The number of nitrogens with zero attached hydrogens (tertiary/aromatic N) is 1. The van der Waals surface area contributed by atoms with Crippen molar-refractivity contribution in [2.24, 2.45) is 11.3 Å². The van der Waals surface area contributed by atoms with E-state index in [9.17, 15) is 14.9 Å². The van der Waals surface area contributed by atoms with Gasteiger partial charge in [-0.2, -0.15) is 5.26 Å². The number of thiophene rings is 1. The van der Waals surface area contributed by atoms with Gasteiger partial charge in [0, 0.05) is 20.5 Å². The van der Waals surface area contributed by atoms with Crippen molar-refractivity contribution in [2.45, 2.75) is 51.3 Å². The largest absolute Gasteiger partial charge is 0.326 e. The Bertz CT molecular complexity index is 1340. The molecule has 2 aromatic carbocycles. The van der Waals surface area contributed by atoms with E-state index in [1.54, 1.807) is 23.5 Å². The van der Waals surface area contributed by atoms with Crippen molar-refractivity contribution in [3.8, 4) is 6.07 Å². The van der Waals surface area contributed by atoms with Crippen molar-refractivity contribution in [1.82, 2.24) is 0 Å². The molecule has 1 unspecified atom stereocenters. The molecule has 0 radical (unpaired) electrons. The summed E-state index contributed by atoms with van der Waals surface area (Å²) in [6.07, 6.45) is 3.16. The Morgan fingerprint density at radius 1 is 1.14 bits per heavy atom. The number of hydrogen-bond acceptors (Lipinski definition) is 5. The van der Waals surface area contributed by atoms with E-state index < -0.39 is 0 Å². The molecule has 0 fully saturated rings. The Hall–Kier alpha value is -2.79. The predicted molar refractivity (Wildman–Crippen MR) is 154 cm³/mol. The third-order valence-corrected chi connectivity index (χ3v) is 9.04. The van der Waals surface area contributed by atoms with Crippen LogP contribution in [0.3, 0.4) is 0 Å². The third kappa shape index (κ3) is 7.16. The molecule has 1 aliphatic carbocycles. The van der Waals surface area contributed by atoms with Crippen LogP contribution in [-0.4, -0.2) is 17.6 Å². The number of amides is 2. The number of benzene rings is 2. The number of thioether (sulfide) groups is 1. The van der Waals surface area contributed by atoms with Gasteiger partial charge in [-0.3, -0.25) is 9.59 Å². The molecule has 0 saturated heterocycles. The average Bonchev–Trinajstić information content (AvgIpc) is 3.20. The zero-order valence-electron chi connectivity index (χ0n) is 21.2. The summed E-state index contributed by atoms with van der Waals surface area (Å²) < 4.78 is 0. The number of carbonyl (C=O) groups is 2. The Morgan fingerprint density at radius 2 is 1.89 bits per heavy atom. The third-order valence-electron chi connectivity index (χ3n) is 6.62. The molecule has 0 aliphatic heterocycles. The molecule has 192 valence electrons. The standard InChI is InChI=1S/C29H30ClN3O2S2/c1-29(2,3)19-9-12-23-24(16-31)28(37-25(23)14-19)33-27(35)17-36-22-6-4-5-21(15-22)32-26(34)13-18-7-10-20(30)11-8-18/h4-8,10-11,15,19H,9,12-14,17H2,1-3H3,(H,32,34)(H,33,35). The van der Waals surface area contributed by atoms with Crippen LogP contribution in [0.4, 0.5) is 10.7 Å². The van der Waals surface area contributed by atoms with Crippen LogP contribution in [0.5, 0.6) is 0 Å². The molecule has 1 heterocycles. The monoisotopic (exact) mass is 551 g/mol. The number of fused-ring (bicyclic) bond motifs is 1. The van der Waals surface area contributed by atoms with Gasteiger partial charge in [-0.05, 0) is 72.1 Å². The maximum absolute atomic E-state index is 12.8. The lowest BCUT2D eigenvalue weighted by Gasteiger charge is -2.33. The molecular weight excluding hydrogens is 522 g/mol. The molecule has 2 amide bonds. The minimum atomic E-state index is -0.148. The average molecular weight is 552 g/mol. The van der Waals surface area contributed by atoms with E-state index in [4.69, 9.17) is 11.6 Å². The lowest BCUT2D eigenvalue weighted by molar-refractivity contribution is -0.115. The van der Waals surface area contributed by atoms with E-state index in [2.05, 4.69) is 37.5 Å². The molecule has 0 saturated carbocycles. The first-order valence-corrected chi connectivity index (χ1v) is 14.4. The van der Waals surface area contributed by atoms with Gasteiger partial charge >= 0.3 is 0 Å². The molecule has 3 aromatic rings. The quantitative estimate of drug-likeness (QED) is 0.301. The normalized spacial score (nSPS) is 14.9. The van der Waals surface area contributed by atoms with E-state index in [1.165, 1.54) is 16.6 Å². The topological polar surface area (TPSA) is 82.0 Å². The summed E-state index contributed by atoms with van der Waals surface area (Å²) in [6, 6.07) is 17.0. The number of halogens is 1. The highest BCUT2D eigenvalue weighted by molar-refractivity contribution is 8.00. The van der Waals surface area contributed by atoms with E-state index in [1.807, 2.05) is 36.4 Å². The number of nitriles is 1. The number of hydrogen-bond donors (Lipinski definition) is 2. The lowest BCUT2D eigenvalue weighted by atomic mass is 9.72. The number of anilines is 2. The summed E-state index contributed by atoms with van der Waals surface area (Å²) in [4.78, 5) is 27.3. The number of nitrogens with one attached hydrogen (secondary N) is 2. The van der Waals surface area contributed by atoms with Crippen LogP contribution in [-0.2, 0) is 28.9 Å². The number of carbonyl (C=O) groups excluding carboxylic acids is 2. The van der Waals surface area contributed by atoms with Crippen molar-refractivity contribution < 1.29 is 9.59 Å². The van der Waals surface area contributed by atoms with Crippen molar-refractivity contribution in [1.29, 1.82) is 5.26 Å². The van der Waals surface area contributed by atoms with E-state index in [0.29, 0.717) is 27.2 Å². The van der Waals surface area contributed by atoms with Crippen molar-refractivity contribution in [3.05, 3.63) is 75.1 Å². The molecule has 1 aromatic heterocycles. The molecule has 0 spiro atoms. The van der Waals surface area contributed by atoms with Gasteiger partial charge in [0.2, 0.25) is 11.8 Å². The van der Waals surface area contributed by atoms with Gasteiger partial charge in [-0.15, -0.1) is 23.1 Å². The fourth-order valence-corrected chi connectivity index (χ4v) is 6.67. The maximum Gasteiger partial charge on any atom is 0.235 e. The molecule has 5 nitrogen and oxygen atoms in total. The summed E-state index contributed by atoms with van der Waals surface area (Å²) in [5.41, 5.74) is 3.51. The zero-order valence-corrected chi connectivity index (χ0v) is 23.6. The summed E-state index contributed by atoms with van der Waals surface area (Å²) >= 11 is 8.85. The van der Waals surface area contributed by atoms with E-state index >= 15 is 0 Å². The van der Waals surface area contributed by atoms with Gasteiger partial charge in [0.1, 0.15) is 11.1 Å². The molecule has 37 heavy (non-hydrogen) atoms. The first-order valence-electron chi connectivity index (χ1n) is 12.2. The van der Waals surface area contributed by atoms with Gasteiger partial charge in [0.15, 0.2) is 0 Å². The second-order valence-electron chi connectivity index (χ2n) is 10.3. The summed E-state index contributed by atoms with van der Waals surface area (Å²) in [6.45, 7) is 6.80. The highest BCUT2D eigenvalue weighted by atomic mass is 35.5. The van der Waals surface area contributed by atoms with Gasteiger partial charge in [0.25, 0.3) is 0 Å². The number of rotatable bonds is 7. The van der Waals surface area contributed by atoms with E-state index in [0.717, 1.165) is 35.3 Å². The van der Waals surface area contributed by atoms with Gasteiger partial charge in [0.05, 0.1) is 17.7 Å². The molecule has 4 rings (SSSR count). The first-order chi connectivity index (χ1) is 17.6. The van der Waals surface area contributed by atoms with Gasteiger partial charge in [-0.25, -0.2) is 0 Å². The smallest absolute Gasteiger partial charge is 0.235 e. The molecule has 0 bridgehead atoms. The van der Waals surface area contributed by atoms with Crippen LogP contribution in [0.2, 0.25) is 5.02 Å². The predicted octanol–water partition coefficient (Wildman–Crippen LogP) is 7.34. The van der Waals surface area contributed by atoms with Gasteiger partial charge in [-0.1, -0.05) is 50.6 Å². The van der Waals surface area contributed by atoms with Crippen LogP contribution >= 0.6 is 34.7 Å². The Kier molecular flexibility index (Phi) is 8.63. The minimum absolute atomic E-state index is 0.124. The maximum atomic E-state index is 12.8. The second-order valence-corrected chi connectivity index (χ2v) is 12.9. The summed E-state index contributed by atoms with van der Waals surface area (Å²) in [7, 11) is 0. The Morgan fingerprint density at radius 3 is 2.59 bits per heavy atom. The van der Waals surface area contributed by atoms with Crippen LogP contribution in [0.1, 0.15) is 48.8 Å². The molecular formula is C29H30ClN3O2S2. The van der Waals surface area contributed by atoms with Crippen LogP contribution in [0, 0.1) is 22.7 Å². The fraction of sp³-hybridized carbons (Fsp3) is 0.345. The highest BCUT2D eigenvalue weighted by Crippen LogP contribution is 2.44. The minimum Gasteiger partial charge on any atom is -0.326 e. The van der Waals surface area contributed by atoms with Gasteiger partial charge < -0.3 is 10.6 Å². The molecule has 8 heteroatoms. The van der Waals surface area contributed by atoms with E-state index in [-0.39, 0.29) is 29.4 Å². The van der Waals surface area contributed by atoms with Crippen molar-refractivity contribution >= 4 is 57.2 Å². The van der Waals surface area contributed by atoms with Crippen LogP contribution in [0.25, 0.3) is 0 Å². The summed E-state index contributed by atoms with van der Waals surface area (Å²) in [5, 5.41) is 17.0. The van der Waals surface area contributed by atoms with Crippen molar-refractivity contribution in [2.75, 3.05) is 16.4 Å². The molecule has 2 N–H and O–H groups in total.